The quantitative estimate of drug-likeness (QED) is 0.219. The van der Waals surface area contributed by atoms with Gasteiger partial charge in [0.1, 0.15) is 6.61 Å². The molecule has 6 rings (SSSR count). The molecule has 0 atom stereocenters. The van der Waals surface area contributed by atoms with Gasteiger partial charge in [-0.3, -0.25) is 14.6 Å². The Labute approximate surface area is 263 Å². The number of hydrogen-bond donors (Lipinski definition) is 2. The molecule has 13 nitrogen and oxygen atoms in total. The molecule has 2 N–H and O–H groups in total. The summed E-state index contributed by atoms with van der Waals surface area (Å²) in [5.41, 5.74) is 2.40. The molecule has 0 bridgehead atoms. The van der Waals surface area contributed by atoms with Gasteiger partial charge in [-0.25, -0.2) is 4.79 Å². The van der Waals surface area contributed by atoms with E-state index in [1.165, 1.54) is 19.1 Å². The number of rotatable bonds is 10. The molecule has 2 aromatic heterocycles. The molecule has 0 saturated heterocycles. The monoisotopic (exact) mass is 627 g/mol. The summed E-state index contributed by atoms with van der Waals surface area (Å²) >= 11 is 0. The SMILES string of the molecule is CNCC(=O)Nc1ccc(COC(=O)N(C)CCn2c(=O)c3cc(OC)c(OC)cc3c3cnc4cc5c(cc4c32)OCO5)cc1. The van der Waals surface area contributed by atoms with Crippen LogP contribution in [-0.4, -0.2) is 74.6 Å². The van der Waals surface area contributed by atoms with E-state index in [0.29, 0.717) is 55.9 Å². The Kier molecular flexibility index (Phi) is 8.49. The number of aromatic nitrogens is 2. The summed E-state index contributed by atoms with van der Waals surface area (Å²) < 4.78 is 29.4. The van der Waals surface area contributed by atoms with E-state index >= 15 is 0 Å². The van der Waals surface area contributed by atoms with Crippen LogP contribution in [-0.2, 0) is 22.7 Å². The molecule has 3 heterocycles. The third-order valence-electron chi connectivity index (χ3n) is 7.80. The summed E-state index contributed by atoms with van der Waals surface area (Å²) in [6.07, 6.45) is 1.17. The molecular weight excluding hydrogens is 594 g/mol. The van der Waals surface area contributed by atoms with Gasteiger partial charge in [0.25, 0.3) is 5.56 Å². The van der Waals surface area contributed by atoms with Gasteiger partial charge in [-0.1, -0.05) is 12.1 Å². The van der Waals surface area contributed by atoms with E-state index in [2.05, 4.69) is 15.6 Å². The molecular formula is C33H33N5O8. The van der Waals surface area contributed by atoms with Crippen molar-refractivity contribution < 1.29 is 33.3 Å². The number of likely N-dealkylation sites (N-methyl/N-ethyl adjacent to an activating group) is 2. The number of amides is 2. The van der Waals surface area contributed by atoms with Gasteiger partial charge in [-0.05, 0) is 42.9 Å². The Morgan fingerprint density at radius 3 is 2.35 bits per heavy atom. The van der Waals surface area contributed by atoms with Crippen LogP contribution in [0.25, 0.3) is 32.6 Å². The van der Waals surface area contributed by atoms with Crippen LogP contribution >= 0.6 is 0 Å². The predicted molar refractivity (Wildman–Crippen MR) is 172 cm³/mol. The largest absolute Gasteiger partial charge is 0.493 e. The molecule has 13 heteroatoms. The van der Waals surface area contributed by atoms with E-state index in [0.717, 1.165) is 10.9 Å². The summed E-state index contributed by atoms with van der Waals surface area (Å²) in [5, 5.41) is 8.06. The van der Waals surface area contributed by atoms with Crippen LogP contribution < -0.4 is 35.1 Å². The maximum Gasteiger partial charge on any atom is 0.409 e. The van der Waals surface area contributed by atoms with Gasteiger partial charge in [-0.15, -0.1) is 0 Å². The molecule has 0 saturated carbocycles. The number of nitrogens with one attached hydrogen (secondary N) is 2. The van der Waals surface area contributed by atoms with Crippen molar-refractivity contribution in [2.75, 3.05) is 53.5 Å². The standard InChI is InChI=1S/C33H33N5O8/c1-34-16-30(39)36-20-7-5-19(6-8-20)17-44-33(41)37(2)9-10-38-31-23-13-28-29(46-18-45-28)14-25(23)35-15-24(31)21-11-26(42-3)27(43-4)12-22(21)32(38)40/h5-8,11-15,34H,9-10,16-18H2,1-4H3,(H,36,39). The van der Waals surface area contributed by atoms with Gasteiger partial charge in [0.05, 0.1) is 37.2 Å². The fraction of sp³-hybridized carbons (Fsp3) is 0.273. The minimum absolute atomic E-state index is 0.0396. The van der Waals surface area contributed by atoms with Gasteiger partial charge in [0.15, 0.2) is 23.0 Å². The number of methoxy groups -OCH3 is 2. The van der Waals surface area contributed by atoms with Crippen molar-refractivity contribution in [3.8, 4) is 23.0 Å². The minimum Gasteiger partial charge on any atom is -0.493 e. The third kappa shape index (κ3) is 5.79. The molecule has 0 spiro atoms. The van der Waals surface area contributed by atoms with Crippen LogP contribution in [0.15, 0.2) is 59.5 Å². The first-order valence-corrected chi connectivity index (χ1v) is 14.5. The van der Waals surface area contributed by atoms with Crippen molar-refractivity contribution in [3.05, 3.63) is 70.6 Å². The number of fused-ring (bicyclic) bond motifs is 6. The molecule has 46 heavy (non-hydrogen) atoms. The first kappa shape index (κ1) is 30.5. The van der Waals surface area contributed by atoms with Crippen LogP contribution in [0.4, 0.5) is 10.5 Å². The van der Waals surface area contributed by atoms with Gasteiger partial charge >= 0.3 is 6.09 Å². The number of benzene rings is 3. The van der Waals surface area contributed by atoms with Crippen molar-refractivity contribution in [1.82, 2.24) is 19.8 Å². The highest BCUT2D eigenvalue weighted by Crippen LogP contribution is 2.40. The van der Waals surface area contributed by atoms with E-state index in [-0.39, 0.29) is 44.5 Å². The Morgan fingerprint density at radius 1 is 0.957 bits per heavy atom. The molecule has 0 fully saturated rings. The van der Waals surface area contributed by atoms with Crippen LogP contribution in [0.5, 0.6) is 23.0 Å². The second kappa shape index (κ2) is 12.8. The lowest BCUT2D eigenvalue weighted by atomic mass is 10.0. The van der Waals surface area contributed by atoms with E-state index in [4.69, 9.17) is 23.7 Å². The summed E-state index contributed by atoms with van der Waals surface area (Å²) in [6.45, 7) is 0.684. The smallest absolute Gasteiger partial charge is 0.409 e. The lowest BCUT2D eigenvalue weighted by Crippen LogP contribution is -2.33. The van der Waals surface area contributed by atoms with Crippen molar-refractivity contribution in [1.29, 1.82) is 0 Å². The maximum atomic E-state index is 14.1. The van der Waals surface area contributed by atoms with Gasteiger partial charge in [-0.2, -0.15) is 0 Å². The molecule has 3 aromatic carbocycles. The first-order chi connectivity index (χ1) is 22.3. The average molecular weight is 628 g/mol. The number of carbonyl (C=O) groups is 2. The highest BCUT2D eigenvalue weighted by molar-refractivity contribution is 6.15. The van der Waals surface area contributed by atoms with Crippen molar-refractivity contribution in [3.63, 3.8) is 0 Å². The lowest BCUT2D eigenvalue weighted by molar-refractivity contribution is -0.115. The first-order valence-electron chi connectivity index (χ1n) is 14.5. The van der Waals surface area contributed by atoms with Gasteiger partial charge in [0.2, 0.25) is 12.7 Å². The average Bonchev–Trinajstić information content (AvgIpc) is 3.53. The van der Waals surface area contributed by atoms with Crippen LogP contribution in [0.2, 0.25) is 0 Å². The zero-order valence-corrected chi connectivity index (χ0v) is 25.8. The normalized spacial score (nSPS) is 12.0. The Balaban J connectivity index is 1.29. The number of anilines is 1. The zero-order chi connectivity index (χ0) is 32.4. The van der Waals surface area contributed by atoms with Gasteiger partial charge in [0, 0.05) is 54.2 Å². The molecule has 0 unspecified atom stereocenters. The fourth-order valence-electron chi connectivity index (χ4n) is 5.44. The molecule has 238 valence electrons. The van der Waals surface area contributed by atoms with Crippen molar-refractivity contribution in [2.24, 2.45) is 0 Å². The van der Waals surface area contributed by atoms with Crippen molar-refractivity contribution >= 4 is 50.3 Å². The van der Waals surface area contributed by atoms with E-state index < -0.39 is 6.09 Å². The number of pyridine rings is 2. The highest BCUT2D eigenvalue weighted by atomic mass is 16.7. The van der Waals surface area contributed by atoms with E-state index in [9.17, 15) is 14.4 Å². The molecule has 1 aliphatic heterocycles. The van der Waals surface area contributed by atoms with Gasteiger partial charge < -0.3 is 43.8 Å². The Bertz CT molecular complexity index is 2030. The molecule has 0 radical (unpaired) electrons. The van der Waals surface area contributed by atoms with Crippen LogP contribution in [0, 0.1) is 0 Å². The number of hydrogen-bond acceptors (Lipinski definition) is 10. The van der Waals surface area contributed by atoms with Crippen LogP contribution in [0.3, 0.4) is 0 Å². The second-order valence-electron chi connectivity index (χ2n) is 10.7. The fourth-order valence-corrected chi connectivity index (χ4v) is 5.44. The molecule has 1 aliphatic rings. The van der Waals surface area contributed by atoms with Crippen molar-refractivity contribution in [2.45, 2.75) is 13.2 Å². The molecule has 2 amide bonds. The summed E-state index contributed by atoms with van der Waals surface area (Å²) in [6, 6.07) is 14.1. The topological polar surface area (TPSA) is 142 Å². The molecule has 5 aromatic rings. The van der Waals surface area contributed by atoms with E-state index in [1.54, 1.807) is 67.3 Å². The summed E-state index contributed by atoms with van der Waals surface area (Å²) in [5.74, 6) is 1.88. The predicted octanol–water partition coefficient (Wildman–Crippen LogP) is 3.88. The van der Waals surface area contributed by atoms with E-state index in [1.807, 2.05) is 6.07 Å². The zero-order valence-electron chi connectivity index (χ0n) is 25.8. The number of ether oxygens (including phenoxy) is 5. The summed E-state index contributed by atoms with van der Waals surface area (Å²) in [7, 11) is 6.36. The maximum absolute atomic E-state index is 14.1. The lowest BCUT2D eigenvalue weighted by Gasteiger charge is -2.20. The molecule has 0 aliphatic carbocycles. The Morgan fingerprint density at radius 2 is 1.65 bits per heavy atom. The third-order valence-corrected chi connectivity index (χ3v) is 7.80. The number of carbonyl (C=O) groups excluding carboxylic acids is 2. The Hall–Kier alpha value is -5.56. The number of nitrogens with zero attached hydrogens (tertiary/aromatic N) is 3. The van der Waals surface area contributed by atoms with Crippen LogP contribution in [0.1, 0.15) is 5.56 Å². The second-order valence-corrected chi connectivity index (χ2v) is 10.7. The summed E-state index contributed by atoms with van der Waals surface area (Å²) in [4.78, 5) is 45.0. The minimum atomic E-state index is -0.550. The highest BCUT2D eigenvalue weighted by Gasteiger charge is 2.22.